The molecular weight excluding hydrogens is 342 g/mol. The van der Waals surface area contributed by atoms with Crippen molar-refractivity contribution in [1.29, 1.82) is 0 Å². The van der Waals surface area contributed by atoms with Gasteiger partial charge in [0.2, 0.25) is 0 Å². The number of hydrogen-bond acceptors (Lipinski definition) is 5. The van der Waals surface area contributed by atoms with Crippen molar-refractivity contribution in [2.24, 2.45) is 5.41 Å². The van der Waals surface area contributed by atoms with Crippen molar-refractivity contribution in [3.05, 3.63) is 47.8 Å². The molecule has 2 aromatic rings. The molecule has 27 heavy (non-hydrogen) atoms. The lowest BCUT2D eigenvalue weighted by Gasteiger charge is -2.28. The van der Waals surface area contributed by atoms with Gasteiger partial charge in [0.1, 0.15) is 23.7 Å². The average Bonchev–Trinajstić information content (AvgIpc) is 3.03. The monoisotopic (exact) mass is 373 g/mol. The number of nitrogens with one attached hydrogen (secondary N) is 1. The number of aromatic nitrogens is 2. The first-order valence-electron chi connectivity index (χ1n) is 9.46. The highest BCUT2D eigenvalue weighted by Gasteiger charge is 2.20. The maximum absolute atomic E-state index is 12.3. The Morgan fingerprint density at radius 1 is 1.26 bits per heavy atom. The minimum absolute atomic E-state index is 0.169. The molecule has 2 rings (SSSR count). The van der Waals surface area contributed by atoms with Crippen molar-refractivity contribution in [3.63, 3.8) is 0 Å². The van der Waals surface area contributed by atoms with Crippen molar-refractivity contribution >= 4 is 5.97 Å². The van der Waals surface area contributed by atoms with Crippen LogP contribution in [0.4, 0.5) is 0 Å². The third-order valence-corrected chi connectivity index (χ3v) is 4.52. The van der Waals surface area contributed by atoms with Crippen LogP contribution in [0, 0.1) is 5.41 Å². The van der Waals surface area contributed by atoms with Gasteiger partial charge in [-0.2, -0.15) is 5.10 Å². The van der Waals surface area contributed by atoms with E-state index in [4.69, 9.17) is 9.47 Å². The number of esters is 1. The first-order valence-corrected chi connectivity index (χ1v) is 9.46. The lowest BCUT2D eigenvalue weighted by molar-refractivity contribution is 0.0511. The van der Waals surface area contributed by atoms with Crippen LogP contribution in [0.2, 0.25) is 0 Å². The first-order chi connectivity index (χ1) is 12.8. The number of ether oxygens (including phenoxy) is 2. The zero-order valence-electron chi connectivity index (χ0n) is 17.0. The van der Waals surface area contributed by atoms with Crippen LogP contribution in [0.25, 0.3) is 0 Å². The average molecular weight is 373 g/mol. The van der Waals surface area contributed by atoms with E-state index in [2.05, 4.69) is 38.1 Å². The molecule has 1 heterocycles. The number of nitrogens with zero attached hydrogens (tertiary/aromatic N) is 2. The van der Waals surface area contributed by atoms with Gasteiger partial charge >= 0.3 is 5.97 Å². The fourth-order valence-corrected chi connectivity index (χ4v) is 2.45. The molecule has 0 bridgehead atoms. The Kier molecular flexibility index (Phi) is 7.42. The molecule has 0 aliphatic rings. The molecule has 0 aliphatic carbocycles. The molecule has 6 nitrogen and oxygen atoms in total. The summed E-state index contributed by atoms with van der Waals surface area (Å²) in [5.41, 5.74) is 1.32. The molecule has 1 aromatic heterocycles. The summed E-state index contributed by atoms with van der Waals surface area (Å²) < 4.78 is 12.6. The predicted molar refractivity (Wildman–Crippen MR) is 106 cm³/mol. The molecule has 6 heteroatoms. The number of carbonyl (C=O) groups excluding carboxylic acids is 1. The number of carbonyl (C=O) groups is 1. The van der Waals surface area contributed by atoms with E-state index in [0.29, 0.717) is 43.7 Å². The first kappa shape index (κ1) is 21.0. The molecule has 148 valence electrons. The second-order valence-corrected chi connectivity index (χ2v) is 7.61. The van der Waals surface area contributed by atoms with Crippen molar-refractivity contribution in [2.45, 2.75) is 53.8 Å². The summed E-state index contributed by atoms with van der Waals surface area (Å²) in [4.78, 5) is 12.3. The largest absolute Gasteiger partial charge is 0.487 e. The van der Waals surface area contributed by atoms with E-state index in [0.717, 1.165) is 5.75 Å². The van der Waals surface area contributed by atoms with Crippen LogP contribution >= 0.6 is 0 Å². The summed E-state index contributed by atoms with van der Waals surface area (Å²) in [6.45, 7) is 12.5. The van der Waals surface area contributed by atoms with Crippen LogP contribution in [0.1, 0.15) is 50.8 Å². The van der Waals surface area contributed by atoms with Gasteiger partial charge in [-0.05, 0) is 37.5 Å². The highest BCUT2D eigenvalue weighted by atomic mass is 16.5. The molecule has 0 radical (unpaired) electrons. The summed E-state index contributed by atoms with van der Waals surface area (Å²) >= 11 is 0. The number of para-hydroxylation sites is 1. The molecule has 0 saturated heterocycles. The summed E-state index contributed by atoms with van der Waals surface area (Å²) in [5, 5.41) is 8.03. The van der Waals surface area contributed by atoms with E-state index in [1.165, 1.54) is 0 Å². The van der Waals surface area contributed by atoms with Gasteiger partial charge in [0.15, 0.2) is 0 Å². The molecule has 0 saturated carbocycles. The minimum atomic E-state index is -0.361. The second kappa shape index (κ2) is 9.55. The van der Waals surface area contributed by atoms with Gasteiger partial charge in [-0.3, -0.25) is 4.68 Å². The lowest BCUT2D eigenvalue weighted by Crippen LogP contribution is -2.39. The van der Waals surface area contributed by atoms with E-state index >= 15 is 0 Å². The zero-order chi connectivity index (χ0) is 19.9. The SMILES string of the molecule is CCOC(=O)c1cc(COc2ccccc2)nn1CCNC(C)C(C)(C)C. The summed E-state index contributed by atoms with van der Waals surface area (Å²) in [5.74, 6) is 0.408. The molecule has 0 aliphatic heterocycles. The maximum atomic E-state index is 12.3. The highest BCUT2D eigenvalue weighted by molar-refractivity contribution is 5.87. The molecule has 0 fully saturated rings. The van der Waals surface area contributed by atoms with E-state index in [1.807, 2.05) is 30.3 Å². The molecule has 0 amide bonds. The third kappa shape index (κ3) is 6.40. The molecular formula is C21H31N3O3. The predicted octanol–water partition coefficient (Wildman–Crippen LogP) is 3.66. The van der Waals surface area contributed by atoms with Gasteiger partial charge in [0, 0.05) is 12.6 Å². The van der Waals surface area contributed by atoms with Gasteiger partial charge in [-0.1, -0.05) is 39.0 Å². The van der Waals surface area contributed by atoms with Crippen LogP contribution in [0.5, 0.6) is 5.75 Å². The fourth-order valence-electron chi connectivity index (χ4n) is 2.45. The van der Waals surface area contributed by atoms with E-state index in [1.54, 1.807) is 17.7 Å². The van der Waals surface area contributed by atoms with E-state index < -0.39 is 0 Å². The zero-order valence-corrected chi connectivity index (χ0v) is 17.0. The fraction of sp³-hybridized carbons (Fsp3) is 0.524. The molecule has 1 atom stereocenters. The molecule has 1 unspecified atom stereocenters. The van der Waals surface area contributed by atoms with Crippen LogP contribution in [0.15, 0.2) is 36.4 Å². The Balaban J connectivity index is 2.04. The van der Waals surface area contributed by atoms with Gasteiger partial charge in [-0.25, -0.2) is 4.79 Å². The Morgan fingerprint density at radius 2 is 1.96 bits per heavy atom. The lowest BCUT2D eigenvalue weighted by atomic mass is 9.88. The topological polar surface area (TPSA) is 65.4 Å². The Bertz CT molecular complexity index is 720. The highest BCUT2D eigenvalue weighted by Crippen LogP contribution is 2.18. The Labute approximate surface area is 161 Å². The summed E-state index contributed by atoms with van der Waals surface area (Å²) in [6.07, 6.45) is 0. The maximum Gasteiger partial charge on any atom is 0.356 e. The van der Waals surface area contributed by atoms with Crippen LogP contribution in [-0.4, -0.2) is 34.9 Å². The van der Waals surface area contributed by atoms with Gasteiger partial charge in [-0.15, -0.1) is 0 Å². The standard InChI is InChI=1S/C21H31N3O3/c1-6-26-20(25)19-14-17(15-27-18-10-8-7-9-11-18)23-24(19)13-12-22-16(2)21(3,4)5/h7-11,14,16,22H,6,12-13,15H2,1-5H3. The van der Waals surface area contributed by atoms with E-state index in [-0.39, 0.29) is 11.4 Å². The summed E-state index contributed by atoms with van der Waals surface area (Å²) in [6, 6.07) is 11.6. The number of benzene rings is 1. The Morgan fingerprint density at radius 3 is 2.59 bits per heavy atom. The summed E-state index contributed by atoms with van der Waals surface area (Å²) in [7, 11) is 0. The van der Waals surface area contributed by atoms with Gasteiger partial charge in [0.05, 0.1) is 13.2 Å². The number of rotatable bonds is 9. The Hall–Kier alpha value is -2.34. The van der Waals surface area contributed by atoms with Crippen LogP contribution in [-0.2, 0) is 17.9 Å². The second-order valence-electron chi connectivity index (χ2n) is 7.61. The normalized spacial score (nSPS) is 12.6. The van der Waals surface area contributed by atoms with Crippen molar-refractivity contribution in [2.75, 3.05) is 13.2 Å². The quantitative estimate of drug-likeness (QED) is 0.680. The van der Waals surface area contributed by atoms with Crippen molar-refractivity contribution in [1.82, 2.24) is 15.1 Å². The smallest absolute Gasteiger partial charge is 0.356 e. The molecule has 0 spiro atoms. The van der Waals surface area contributed by atoms with Gasteiger partial charge in [0.25, 0.3) is 0 Å². The molecule has 1 aromatic carbocycles. The van der Waals surface area contributed by atoms with Crippen LogP contribution < -0.4 is 10.1 Å². The van der Waals surface area contributed by atoms with Crippen molar-refractivity contribution < 1.29 is 14.3 Å². The molecule has 1 N–H and O–H groups in total. The van der Waals surface area contributed by atoms with Crippen LogP contribution in [0.3, 0.4) is 0 Å². The van der Waals surface area contributed by atoms with Gasteiger partial charge < -0.3 is 14.8 Å². The third-order valence-electron chi connectivity index (χ3n) is 4.52. The minimum Gasteiger partial charge on any atom is -0.487 e. The van der Waals surface area contributed by atoms with Crippen molar-refractivity contribution in [3.8, 4) is 5.75 Å². The number of hydrogen-bond donors (Lipinski definition) is 1. The van der Waals surface area contributed by atoms with E-state index in [9.17, 15) is 4.79 Å².